The van der Waals surface area contributed by atoms with Crippen molar-refractivity contribution in [2.45, 2.75) is 19.6 Å². The van der Waals surface area contributed by atoms with Crippen LogP contribution in [-0.2, 0) is 6.54 Å². The van der Waals surface area contributed by atoms with Crippen LogP contribution in [-0.4, -0.2) is 49.8 Å². The monoisotopic (exact) mass is 283 g/mol. The molecular formula is C14H22FN3O2. The van der Waals surface area contributed by atoms with Crippen LogP contribution < -0.4 is 10.2 Å². The van der Waals surface area contributed by atoms with Gasteiger partial charge in [0.25, 0.3) is 0 Å². The van der Waals surface area contributed by atoms with Gasteiger partial charge in [-0.2, -0.15) is 0 Å². The first-order valence-corrected chi connectivity index (χ1v) is 6.44. The first kappa shape index (κ1) is 16.2. The molecule has 2 amide bonds. The second kappa shape index (κ2) is 7.09. The predicted molar refractivity (Wildman–Crippen MR) is 77.3 cm³/mol. The number of urea groups is 1. The fourth-order valence-corrected chi connectivity index (χ4v) is 1.81. The van der Waals surface area contributed by atoms with E-state index in [2.05, 4.69) is 5.32 Å². The Morgan fingerprint density at radius 1 is 1.40 bits per heavy atom. The van der Waals surface area contributed by atoms with E-state index in [1.165, 1.54) is 11.0 Å². The number of likely N-dealkylation sites (N-methyl/N-ethyl adjacent to an activating group) is 1. The average Bonchev–Trinajstić information content (AvgIpc) is 2.34. The van der Waals surface area contributed by atoms with Crippen molar-refractivity contribution in [1.29, 1.82) is 0 Å². The van der Waals surface area contributed by atoms with Gasteiger partial charge in [0.1, 0.15) is 5.82 Å². The van der Waals surface area contributed by atoms with E-state index in [9.17, 15) is 14.3 Å². The lowest BCUT2D eigenvalue weighted by atomic mass is 10.2. The maximum atomic E-state index is 13.8. The fourth-order valence-electron chi connectivity index (χ4n) is 1.81. The Labute approximate surface area is 119 Å². The summed E-state index contributed by atoms with van der Waals surface area (Å²) in [5, 5.41) is 11.9. The van der Waals surface area contributed by atoms with Crippen molar-refractivity contribution in [2.75, 3.05) is 32.6 Å². The molecule has 6 heteroatoms. The van der Waals surface area contributed by atoms with Crippen LogP contribution in [0.3, 0.4) is 0 Å². The molecule has 0 saturated carbocycles. The highest BCUT2D eigenvalue weighted by Crippen LogP contribution is 2.18. The molecule has 0 saturated heterocycles. The first-order valence-electron chi connectivity index (χ1n) is 6.44. The molecule has 20 heavy (non-hydrogen) atoms. The zero-order valence-corrected chi connectivity index (χ0v) is 12.4. The molecule has 0 heterocycles. The Kier molecular flexibility index (Phi) is 5.76. The predicted octanol–water partition coefficient (Wildman–Crippen LogP) is 1.41. The fraction of sp³-hybridized carbons (Fsp3) is 0.500. The lowest BCUT2D eigenvalue weighted by Gasteiger charge is -2.19. The van der Waals surface area contributed by atoms with Gasteiger partial charge in [-0.3, -0.25) is 0 Å². The van der Waals surface area contributed by atoms with E-state index in [0.29, 0.717) is 11.3 Å². The Hall–Kier alpha value is -1.82. The van der Waals surface area contributed by atoms with Crippen molar-refractivity contribution in [1.82, 2.24) is 10.2 Å². The van der Waals surface area contributed by atoms with E-state index < -0.39 is 6.10 Å². The summed E-state index contributed by atoms with van der Waals surface area (Å²) in [6, 6.07) is 4.55. The number of nitrogens with one attached hydrogen (secondary N) is 1. The van der Waals surface area contributed by atoms with E-state index in [1.807, 2.05) is 0 Å². The smallest absolute Gasteiger partial charge is 0.317 e. The standard InChI is InChI=1S/C14H22FN3O2/c1-10(19)9-18(4)14(20)16-8-11-5-6-13(17(2)3)12(15)7-11/h5-7,10,19H,8-9H2,1-4H3,(H,16,20). The topological polar surface area (TPSA) is 55.8 Å². The summed E-state index contributed by atoms with van der Waals surface area (Å²) in [4.78, 5) is 14.8. The number of hydrogen-bond acceptors (Lipinski definition) is 3. The minimum Gasteiger partial charge on any atom is -0.392 e. The molecule has 0 aromatic heterocycles. The average molecular weight is 283 g/mol. The minimum atomic E-state index is -0.581. The number of aliphatic hydroxyl groups is 1. The molecule has 2 N–H and O–H groups in total. The number of hydrogen-bond donors (Lipinski definition) is 2. The van der Waals surface area contributed by atoms with Crippen LogP contribution in [0.1, 0.15) is 12.5 Å². The summed E-state index contributed by atoms with van der Waals surface area (Å²) >= 11 is 0. The zero-order chi connectivity index (χ0) is 15.3. The number of amides is 2. The highest BCUT2D eigenvalue weighted by molar-refractivity contribution is 5.73. The molecule has 0 aliphatic carbocycles. The summed E-state index contributed by atoms with van der Waals surface area (Å²) in [5.74, 6) is -0.320. The first-order chi connectivity index (χ1) is 9.31. The number of carbonyl (C=O) groups excluding carboxylic acids is 1. The van der Waals surface area contributed by atoms with Crippen molar-refractivity contribution in [3.05, 3.63) is 29.6 Å². The third-order valence-electron chi connectivity index (χ3n) is 2.82. The summed E-state index contributed by atoms with van der Waals surface area (Å²) in [6.07, 6.45) is -0.581. The van der Waals surface area contributed by atoms with Gasteiger partial charge in [-0.25, -0.2) is 9.18 Å². The van der Waals surface area contributed by atoms with Gasteiger partial charge in [0.05, 0.1) is 11.8 Å². The second-order valence-electron chi connectivity index (χ2n) is 5.07. The lowest BCUT2D eigenvalue weighted by Crippen LogP contribution is -2.40. The van der Waals surface area contributed by atoms with Crippen LogP contribution in [0.4, 0.5) is 14.9 Å². The van der Waals surface area contributed by atoms with Gasteiger partial charge in [-0.05, 0) is 24.6 Å². The van der Waals surface area contributed by atoms with Gasteiger partial charge in [-0.15, -0.1) is 0 Å². The van der Waals surface area contributed by atoms with Crippen molar-refractivity contribution in [2.24, 2.45) is 0 Å². The highest BCUT2D eigenvalue weighted by Gasteiger charge is 2.11. The van der Waals surface area contributed by atoms with Crippen LogP contribution in [0.15, 0.2) is 18.2 Å². The third kappa shape index (κ3) is 4.70. The van der Waals surface area contributed by atoms with Gasteiger partial charge in [0, 0.05) is 34.2 Å². The Bertz CT molecular complexity index is 464. The van der Waals surface area contributed by atoms with Crippen molar-refractivity contribution in [3.8, 4) is 0 Å². The summed E-state index contributed by atoms with van der Waals surface area (Å²) in [5.41, 5.74) is 1.19. The molecule has 0 spiro atoms. The molecule has 0 aliphatic heterocycles. The molecule has 5 nitrogen and oxygen atoms in total. The quantitative estimate of drug-likeness (QED) is 0.859. The SMILES string of the molecule is CC(O)CN(C)C(=O)NCc1ccc(N(C)C)c(F)c1. The molecule has 0 fully saturated rings. The Balaban J connectivity index is 2.58. The van der Waals surface area contributed by atoms with Crippen molar-refractivity contribution < 1.29 is 14.3 Å². The van der Waals surface area contributed by atoms with Crippen molar-refractivity contribution in [3.63, 3.8) is 0 Å². The summed E-state index contributed by atoms with van der Waals surface area (Å²) in [7, 11) is 5.13. The maximum Gasteiger partial charge on any atom is 0.317 e. The number of benzene rings is 1. The van der Waals surface area contributed by atoms with Gasteiger partial charge in [-0.1, -0.05) is 6.07 Å². The van der Waals surface area contributed by atoms with E-state index in [4.69, 9.17) is 0 Å². The minimum absolute atomic E-state index is 0.244. The molecule has 1 aromatic rings. The summed E-state index contributed by atoms with van der Waals surface area (Å²) in [6.45, 7) is 2.10. The molecule has 1 rings (SSSR count). The van der Waals surface area contributed by atoms with Crippen LogP contribution in [0.5, 0.6) is 0 Å². The van der Waals surface area contributed by atoms with E-state index >= 15 is 0 Å². The molecule has 1 atom stereocenters. The molecule has 0 bridgehead atoms. The number of carbonyl (C=O) groups is 1. The van der Waals surface area contributed by atoms with Crippen LogP contribution in [0, 0.1) is 5.82 Å². The van der Waals surface area contributed by atoms with Crippen molar-refractivity contribution >= 4 is 11.7 Å². The Morgan fingerprint density at radius 3 is 2.55 bits per heavy atom. The molecule has 112 valence electrons. The molecule has 1 unspecified atom stereocenters. The lowest BCUT2D eigenvalue weighted by molar-refractivity contribution is 0.143. The van der Waals surface area contributed by atoms with Crippen LogP contribution in [0.25, 0.3) is 0 Å². The Morgan fingerprint density at radius 2 is 2.05 bits per heavy atom. The van der Waals surface area contributed by atoms with Crippen LogP contribution >= 0.6 is 0 Å². The van der Waals surface area contributed by atoms with Gasteiger partial charge in [0.2, 0.25) is 0 Å². The largest absolute Gasteiger partial charge is 0.392 e. The normalized spacial score (nSPS) is 11.9. The van der Waals surface area contributed by atoms with Gasteiger partial charge >= 0.3 is 6.03 Å². The number of halogens is 1. The number of nitrogens with zero attached hydrogens (tertiary/aromatic N) is 2. The van der Waals surface area contributed by atoms with Crippen LogP contribution in [0.2, 0.25) is 0 Å². The van der Waals surface area contributed by atoms with E-state index in [-0.39, 0.29) is 24.9 Å². The third-order valence-corrected chi connectivity index (χ3v) is 2.82. The summed E-state index contributed by atoms with van der Waals surface area (Å²) < 4.78 is 13.8. The highest BCUT2D eigenvalue weighted by atomic mass is 19.1. The van der Waals surface area contributed by atoms with Gasteiger partial charge < -0.3 is 20.2 Å². The second-order valence-corrected chi connectivity index (χ2v) is 5.07. The molecular weight excluding hydrogens is 261 g/mol. The number of rotatable bonds is 5. The van der Waals surface area contributed by atoms with E-state index in [1.54, 1.807) is 45.1 Å². The molecule has 1 aromatic carbocycles. The molecule has 0 radical (unpaired) electrons. The van der Waals surface area contributed by atoms with Gasteiger partial charge in [0.15, 0.2) is 0 Å². The number of anilines is 1. The maximum absolute atomic E-state index is 13.8. The molecule has 0 aliphatic rings. The van der Waals surface area contributed by atoms with E-state index in [0.717, 1.165) is 0 Å². The zero-order valence-electron chi connectivity index (χ0n) is 12.4. The number of aliphatic hydroxyl groups excluding tert-OH is 1.